The van der Waals surface area contributed by atoms with Crippen molar-refractivity contribution in [3.05, 3.63) is 35.4 Å². The fourth-order valence-corrected chi connectivity index (χ4v) is 4.25. The molecule has 0 bridgehead atoms. The summed E-state index contributed by atoms with van der Waals surface area (Å²) in [5.41, 5.74) is 2.71. The Kier molecular flexibility index (Phi) is 5.97. The van der Waals surface area contributed by atoms with Crippen LogP contribution >= 0.6 is 0 Å². The second-order valence-electron chi connectivity index (χ2n) is 7.88. The first-order chi connectivity index (χ1) is 12.5. The molecule has 1 aromatic rings. The molecule has 1 spiro atoms. The maximum atomic E-state index is 12.5. The predicted molar refractivity (Wildman–Crippen MR) is 101 cm³/mol. The van der Waals surface area contributed by atoms with Crippen LogP contribution in [0.5, 0.6) is 0 Å². The third kappa shape index (κ3) is 4.44. The summed E-state index contributed by atoms with van der Waals surface area (Å²) in [7, 11) is 0. The second kappa shape index (κ2) is 8.21. The number of carboxylic acid groups (broad SMARTS) is 1. The summed E-state index contributed by atoms with van der Waals surface area (Å²) in [5, 5.41) is 12.3. The van der Waals surface area contributed by atoms with E-state index in [1.54, 1.807) is 0 Å². The lowest BCUT2D eigenvalue weighted by atomic mass is 9.76. The van der Waals surface area contributed by atoms with Gasteiger partial charge in [-0.2, -0.15) is 0 Å². The number of hydrogen-bond donors (Lipinski definition) is 2. The van der Waals surface area contributed by atoms with Crippen LogP contribution in [-0.4, -0.2) is 47.6 Å². The molecule has 1 amide bonds. The number of rotatable bonds is 6. The minimum atomic E-state index is -0.757. The molecule has 2 N–H and O–H groups in total. The fourth-order valence-electron chi connectivity index (χ4n) is 4.25. The monoisotopic (exact) mass is 358 g/mol. The van der Waals surface area contributed by atoms with Crippen molar-refractivity contribution in [2.24, 2.45) is 5.41 Å². The molecule has 3 rings (SSSR count). The van der Waals surface area contributed by atoms with Gasteiger partial charge in [-0.15, -0.1) is 0 Å². The molecular formula is C21H30N2O3. The number of carbonyl (C=O) groups excluding carboxylic acids is 1. The number of carboxylic acids is 1. The van der Waals surface area contributed by atoms with E-state index in [2.05, 4.69) is 36.5 Å². The molecule has 5 nitrogen and oxygen atoms in total. The van der Waals surface area contributed by atoms with Crippen LogP contribution < -0.4 is 5.32 Å². The van der Waals surface area contributed by atoms with E-state index in [-0.39, 0.29) is 11.3 Å². The van der Waals surface area contributed by atoms with E-state index < -0.39 is 12.0 Å². The Labute approximate surface area is 155 Å². The number of aryl methyl sites for hydroxylation is 2. The number of benzene rings is 1. The lowest BCUT2D eigenvalue weighted by molar-refractivity contribution is -0.139. The van der Waals surface area contributed by atoms with Crippen molar-refractivity contribution in [2.75, 3.05) is 19.6 Å². The molecule has 0 saturated carbocycles. The van der Waals surface area contributed by atoms with Gasteiger partial charge in [0.1, 0.15) is 6.04 Å². The van der Waals surface area contributed by atoms with Crippen LogP contribution in [0.3, 0.4) is 0 Å². The van der Waals surface area contributed by atoms with Gasteiger partial charge in [0.25, 0.3) is 0 Å². The molecule has 2 saturated heterocycles. The topological polar surface area (TPSA) is 69.6 Å². The summed E-state index contributed by atoms with van der Waals surface area (Å²) in [6, 6.07) is 8.25. The molecule has 2 heterocycles. The molecule has 2 fully saturated rings. The number of hydrogen-bond acceptors (Lipinski definition) is 3. The molecule has 5 heteroatoms. The molecule has 2 aliphatic rings. The van der Waals surface area contributed by atoms with Crippen molar-refractivity contribution in [1.29, 1.82) is 0 Å². The molecule has 0 aliphatic carbocycles. The van der Waals surface area contributed by atoms with Crippen LogP contribution in [0.25, 0.3) is 0 Å². The van der Waals surface area contributed by atoms with Gasteiger partial charge >= 0.3 is 5.97 Å². The number of piperidine rings is 1. The number of nitrogens with zero attached hydrogens (tertiary/aromatic N) is 1. The summed E-state index contributed by atoms with van der Waals surface area (Å²) >= 11 is 0. The van der Waals surface area contributed by atoms with Gasteiger partial charge in [-0.25, -0.2) is 0 Å². The Bertz CT molecular complexity index is 633. The maximum absolute atomic E-state index is 12.5. The minimum absolute atomic E-state index is 0.0703. The molecule has 26 heavy (non-hydrogen) atoms. The average molecular weight is 358 g/mol. The molecular weight excluding hydrogens is 328 g/mol. The van der Waals surface area contributed by atoms with E-state index in [1.165, 1.54) is 11.1 Å². The number of carbonyl (C=O) groups is 2. The zero-order chi connectivity index (χ0) is 18.6. The third-order valence-electron chi connectivity index (χ3n) is 6.12. The Morgan fingerprint density at radius 3 is 2.42 bits per heavy atom. The highest BCUT2D eigenvalue weighted by Crippen LogP contribution is 2.39. The number of nitrogens with one attached hydrogen (secondary N) is 1. The van der Waals surface area contributed by atoms with Crippen molar-refractivity contribution in [3.8, 4) is 0 Å². The zero-order valence-electron chi connectivity index (χ0n) is 15.7. The highest BCUT2D eigenvalue weighted by atomic mass is 16.4. The fraction of sp³-hybridized carbons (Fsp3) is 0.619. The van der Waals surface area contributed by atoms with E-state index in [9.17, 15) is 9.59 Å². The Morgan fingerprint density at radius 2 is 1.85 bits per heavy atom. The summed E-state index contributed by atoms with van der Waals surface area (Å²) in [6.45, 7) is 4.44. The Balaban J connectivity index is 1.40. The van der Waals surface area contributed by atoms with Gasteiger partial charge in [0.15, 0.2) is 0 Å². The van der Waals surface area contributed by atoms with E-state index in [1.807, 2.05) is 4.90 Å². The van der Waals surface area contributed by atoms with E-state index in [0.717, 1.165) is 51.7 Å². The lowest BCUT2D eigenvalue weighted by Crippen LogP contribution is -2.44. The summed E-state index contributed by atoms with van der Waals surface area (Å²) in [6.07, 6.45) is 5.99. The van der Waals surface area contributed by atoms with Crippen molar-refractivity contribution >= 4 is 11.9 Å². The van der Waals surface area contributed by atoms with Crippen LogP contribution in [-0.2, 0) is 22.4 Å². The van der Waals surface area contributed by atoms with Gasteiger partial charge in [0.2, 0.25) is 5.91 Å². The average Bonchev–Trinajstić information content (AvgIpc) is 3.07. The highest BCUT2D eigenvalue weighted by Gasteiger charge is 2.43. The maximum Gasteiger partial charge on any atom is 0.320 e. The van der Waals surface area contributed by atoms with E-state index in [4.69, 9.17) is 5.11 Å². The Morgan fingerprint density at radius 1 is 1.19 bits per heavy atom. The molecule has 1 atom stereocenters. The summed E-state index contributed by atoms with van der Waals surface area (Å²) in [5.74, 6) is -0.516. The van der Waals surface area contributed by atoms with Crippen molar-refractivity contribution in [2.45, 2.75) is 57.9 Å². The van der Waals surface area contributed by atoms with Crippen molar-refractivity contribution in [3.63, 3.8) is 0 Å². The number of likely N-dealkylation sites (tertiary alicyclic amines) is 1. The predicted octanol–water partition coefficient (Wildman–Crippen LogP) is 2.63. The first-order valence-electron chi connectivity index (χ1n) is 9.83. The van der Waals surface area contributed by atoms with Crippen molar-refractivity contribution < 1.29 is 14.7 Å². The lowest BCUT2D eigenvalue weighted by Gasteiger charge is -2.39. The molecule has 2 aliphatic heterocycles. The largest absolute Gasteiger partial charge is 0.480 e. The SMILES string of the molecule is CCc1ccc(CCCC(=O)N2CCC3(CC2)CNC(C(=O)O)C3)cc1. The van der Waals surface area contributed by atoms with E-state index >= 15 is 0 Å². The van der Waals surface area contributed by atoms with Gasteiger partial charge < -0.3 is 15.3 Å². The first-order valence-corrected chi connectivity index (χ1v) is 9.83. The normalized spacial score (nSPS) is 21.9. The standard InChI is InChI=1S/C21H30N2O3/c1-2-16-6-8-17(9-7-16)4-3-5-19(24)23-12-10-21(11-13-23)14-18(20(25)26)22-15-21/h6-9,18,22H,2-5,10-15H2,1H3,(H,25,26). The van der Waals surface area contributed by atoms with Crippen LogP contribution in [0.4, 0.5) is 0 Å². The van der Waals surface area contributed by atoms with Gasteiger partial charge in [0, 0.05) is 26.1 Å². The molecule has 142 valence electrons. The molecule has 0 aromatic heterocycles. The van der Waals surface area contributed by atoms with Crippen LogP contribution in [0, 0.1) is 5.41 Å². The van der Waals surface area contributed by atoms with Gasteiger partial charge in [-0.1, -0.05) is 31.2 Å². The minimum Gasteiger partial charge on any atom is -0.480 e. The number of amides is 1. The molecule has 0 radical (unpaired) electrons. The van der Waals surface area contributed by atoms with Gasteiger partial charge in [-0.05, 0) is 55.1 Å². The van der Waals surface area contributed by atoms with Crippen molar-refractivity contribution in [1.82, 2.24) is 10.2 Å². The zero-order valence-corrected chi connectivity index (χ0v) is 15.7. The first kappa shape index (κ1) is 18.9. The Hall–Kier alpha value is -1.88. The summed E-state index contributed by atoms with van der Waals surface area (Å²) in [4.78, 5) is 25.6. The molecule has 1 unspecified atom stereocenters. The van der Waals surface area contributed by atoms with Crippen LogP contribution in [0.2, 0.25) is 0 Å². The summed E-state index contributed by atoms with van der Waals surface area (Å²) < 4.78 is 0. The van der Waals surface area contributed by atoms with Crippen LogP contribution in [0.1, 0.15) is 50.2 Å². The third-order valence-corrected chi connectivity index (χ3v) is 6.12. The second-order valence-corrected chi connectivity index (χ2v) is 7.88. The highest BCUT2D eigenvalue weighted by molar-refractivity contribution is 5.76. The molecule has 1 aromatic carbocycles. The van der Waals surface area contributed by atoms with Gasteiger partial charge in [0.05, 0.1) is 0 Å². The quantitative estimate of drug-likeness (QED) is 0.820. The number of aliphatic carboxylic acids is 1. The smallest absolute Gasteiger partial charge is 0.320 e. The van der Waals surface area contributed by atoms with E-state index in [0.29, 0.717) is 12.8 Å². The van der Waals surface area contributed by atoms with Crippen LogP contribution in [0.15, 0.2) is 24.3 Å². The van der Waals surface area contributed by atoms with Gasteiger partial charge in [-0.3, -0.25) is 9.59 Å².